The third-order valence-corrected chi connectivity index (χ3v) is 11.3. The molecule has 62 heavy (non-hydrogen) atoms. The minimum absolute atomic E-state index is 0.231. The molecule has 5 saturated heterocycles. The van der Waals surface area contributed by atoms with Crippen LogP contribution in [0.3, 0.4) is 0 Å². The maximum atomic E-state index is 11.2. The number of aliphatic hydroxyl groups is 16. The molecule has 5 fully saturated rings. The molecule has 1 aromatic rings. The number of hydrogen-bond donors (Lipinski definition) is 17. The number of pyridine rings is 1. The Labute approximate surface area is 351 Å². The second-order valence-corrected chi connectivity index (χ2v) is 15.3. The lowest BCUT2D eigenvalue weighted by molar-refractivity contribution is -0.391. The number of nitrogens with one attached hydrogen (secondary N) is 1. The molecule has 0 bridgehead atoms. The average molecular weight is 905 g/mol. The van der Waals surface area contributed by atoms with Crippen molar-refractivity contribution in [3.8, 4) is 0 Å². The Balaban J connectivity index is 1.09. The van der Waals surface area contributed by atoms with Crippen molar-refractivity contribution in [1.29, 1.82) is 0 Å². The maximum Gasteiger partial charge on any atom is 0.187 e. The highest BCUT2D eigenvalue weighted by Gasteiger charge is 2.56. The van der Waals surface area contributed by atoms with E-state index in [9.17, 15) is 81.7 Å². The lowest BCUT2D eigenvalue weighted by Crippen LogP contribution is -2.68. The molecule has 0 aromatic carbocycles. The molecule has 6 heterocycles. The van der Waals surface area contributed by atoms with Crippen LogP contribution < -0.4 is 5.32 Å². The van der Waals surface area contributed by atoms with Crippen molar-refractivity contribution < 1.29 is 124 Å². The minimum atomic E-state index is -2.11. The van der Waals surface area contributed by atoms with Gasteiger partial charge in [0.25, 0.3) is 0 Å². The molecule has 25 atom stereocenters. The van der Waals surface area contributed by atoms with Gasteiger partial charge in [0, 0.05) is 6.20 Å². The van der Waals surface area contributed by atoms with E-state index < -0.39 is 187 Å². The lowest BCUT2D eigenvalue weighted by Gasteiger charge is -2.49. The van der Waals surface area contributed by atoms with Crippen LogP contribution in [0, 0.1) is 0 Å². The zero-order chi connectivity index (χ0) is 45.2. The Morgan fingerprint density at radius 3 is 1.15 bits per heavy atom. The van der Waals surface area contributed by atoms with Gasteiger partial charge in [-0.25, -0.2) is 4.98 Å². The number of rotatable bonds is 15. The maximum absolute atomic E-state index is 11.2. The average Bonchev–Trinajstić information content (AvgIpc) is 3.27. The standard InChI is InChI=1S/C35H56N2O25/c38-5-10-17(43)19(45)23(49)32(55-10)60-28-12(7-40)57-34(25(51)21(28)47)62-30-14(9-42)58-35(26(52)22(30)48)61-29-13(8-41)56-33(24(50)20(29)46)59-27-11(6-39)54-31(53)16(18(27)44)37-15-3-1-2-4-36-15/h1-4,10-14,16-35,38-53H,5-9H2,(H,36,37)/t10-,11-,12-,13-,14-,16-,17-,18-,19+,20-,21-,22-,23-,24-,25-,26-,27-,28-,29-,30-,31?,32-,33-,34-,35-/m1/s1. The Bertz CT molecular complexity index is 1510. The van der Waals surface area contributed by atoms with Crippen LogP contribution in [-0.2, 0) is 42.6 Å². The summed E-state index contributed by atoms with van der Waals surface area (Å²) in [6, 6.07) is 3.49. The monoisotopic (exact) mass is 904 g/mol. The molecule has 5 aliphatic heterocycles. The van der Waals surface area contributed by atoms with E-state index in [1.807, 2.05) is 0 Å². The van der Waals surface area contributed by atoms with Gasteiger partial charge in [-0.05, 0) is 12.1 Å². The Hall–Kier alpha value is -2.05. The molecule has 27 nitrogen and oxygen atoms in total. The van der Waals surface area contributed by atoms with Crippen LogP contribution >= 0.6 is 0 Å². The molecule has 0 spiro atoms. The molecule has 1 aromatic heterocycles. The summed E-state index contributed by atoms with van der Waals surface area (Å²) in [5.74, 6) is 0.231. The molecule has 0 amide bonds. The SMILES string of the molecule is OC[C@H]1O[C@H](O[C@H]2[C@H](O)[C@@H](O)[C@@H](O[C@H]3[C@H](O)[C@@H](O)[C@@H](O[C@H]4[C@H](O)[C@@H](O)[C@@H](O[C@H]5[C@H](O)[C@@H](Nc6ccccn6)C(O)O[C@@H]5CO)O[C@@H]4CO)O[C@@H]3CO)O[C@@H]2CO)[C@H](O)[C@@H](O)[C@@H]1O. The van der Waals surface area contributed by atoms with Gasteiger partial charge in [-0.3, -0.25) is 0 Å². The summed E-state index contributed by atoms with van der Waals surface area (Å²) in [6.07, 6.45) is -41.7. The van der Waals surface area contributed by atoms with Crippen LogP contribution in [0.15, 0.2) is 24.4 Å². The van der Waals surface area contributed by atoms with Crippen LogP contribution in [0.2, 0.25) is 0 Å². The van der Waals surface area contributed by atoms with Crippen LogP contribution in [0.4, 0.5) is 5.82 Å². The Morgan fingerprint density at radius 1 is 0.419 bits per heavy atom. The van der Waals surface area contributed by atoms with Crippen LogP contribution in [0.5, 0.6) is 0 Å². The van der Waals surface area contributed by atoms with Gasteiger partial charge in [-0.15, -0.1) is 0 Å². The number of nitrogens with zero attached hydrogens (tertiary/aromatic N) is 1. The summed E-state index contributed by atoms with van der Waals surface area (Å²) in [7, 11) is 0. The second-order valence-electron chi connectivity index (χ2n) is 15.3. The first-order chi connectivity index (χ1) is 29.6. The first-order valence-corrected chi connectivity index (χ1v) is 19.7. The van der Waals surface area contributed by atoms with E-state index in [1.165, 1.54) is 12.3 Å². The van der Waals surface area contributed by atoms with Gasteiger partial charge in [-0.1, -0.05) is 6.07 Å². The second kappa shape index (κ2) is 21.5. The molecule has 27 heteroatoms. The summed E-state index contributed by atoms with van der Waals surface area (Å²) < 4.78 is 50.2. The normalized spacial score (nSPS) is 49.1. The predicted molar refractivity (Wildman–Crippen MR) is 192 cm³/mol. The van der Waals surface area contributed by atoms with Crippen molar-refractivity contribution in [3.05, 3.63) is 24.4 Å². The number of anilines is 1. The van der Waals surface area contributed by atoms with Gasteiger partial charge in [-0.2, -0.15) is 0 Å². The number of hydrogen-bond acceptors (Lipinski definition) is 27. The summed E-state index contributed by atoms with van der Waals surface area (Å²) in [5, 5.41) is 172. The summed E-state index contributed by atoms with van der Waals surface area (Å²) in [6.45, 7) is -4.44. The topological polar surface area (TPSA) is 432 Å². The van der Waals surface area contributed by atoms with Crippen LogP contribution in [0.25, 0.3) is 0 Å². The van der Waals surface area contributed by atoms with Crippen molar-refractivity contribution in [3.63, 3.8) is 0 Å². The fourth-order valence-electron chi connectivity index (χ4n) is 7.82. The highest BCUT2D eigenvalue weighted by molar-refractivity contribution is 5.35. The van der Waals surface area contributed by atoms with Gasteiger partial charge in [0.1, 0.15) is 128 Å². The molecule has 6 rings (SSSR count). The van der Waals surface area contributed by atoms with Crippen molar-refractivity contribution >= 4 is 5.82 Å². The molecule has 0 aliphatic carbocycles. The Kier molecular flexibility index (Phi) is 17.1. The molecule has 0 saturated carbocycles. The third kappa shape index (κ3) is 10.2. The first-order valence-electron chi connectivity index (χ1n) is 19.7. The van der Waals surface area contributed by atoms with E-state index in [-0.39, 0.29) is 5.82 Å². The zero-order valence-corrected chi connectivity index (χ0v) is 32.6. The van der Waals surface area contributed by atoms with Crippen molar-refractivity contribution in [2.75, 3.05) is 38.4 Å². The van der Waals surface area contributed by atoms with Crippen LogP contribution in [-0.4, -0.2) is 273 Å². The van der Waals surface area contributed by atoms with Crippen LogP contribution in [0.1, 0.15) is 0 Å². The predicted octanol–water partition coefficient (Wildman–Crippen LogP) is -10.4. The number of ether oxygens (including phenoxy) is 9. The van der Waals surface area contributed by atoms with Crippen molar-refractivity contribution in [2.24, 2.45) is 0 Å². The highest BCUT2D eigenvalue weighted by Crippen LogP contribution is 2.35. The molecular weight excluding hydrogens is 848 g/mol. The number of aliphatic hydroxyl groups excluding tert-OH is 16. The minimum Gasteiger partial charge on any atom is -0.394 e. The quantitative estimate of drug-likeness (QED) is 0.0777. The summed E-state index contributed by atoms with van der Waals surface area (Å²) in [5.41, 5.74) is 0. The lowest BCUT2D eigenvalue weighted by atomic mass is 9.95. The largest absolute Gasteiger partial charge is 0.394 e. The van der Waals surface area contributed by atoms with E-state index in [2.05, 4.69) is 10.3 Å². The van der Waals surface area contributed by atoms with Gasteiger partial charge >= 0.3 is 0 Å². The molecule has 17 N–H and O–H groups in total. The molecule has 1 unspecified atom stereocenters. The summed E-state index contributed by atoms with van der Waals surface area (Å²) >= 11 is 0. The smallest absolute Gasteiger partial charge is 0.187 e. The van der Waals surface area contributed by atoms with Crippen molar-refractivity contribution in [2.45, 2.75) is 153 Å². The van der Waals surface area contributed by atoms with E-state index >= 15 is 0 Å². The van der Waals surface area contributed by atoms with E-state index in [0.717, 1.165) is 0 Å². The third-order valence-electron chi connectivity index (χ3n) is 11.3. The molecule has 356 valence electrons. The fraction of sp³-hybridized carbons (Fsp3) is 0.857. The van der Waals surface area contributed by atoms with E-state index in [1.54, 1.807) is 12.1 Å². The Morgan fingerprint density at radius 2 is 0.774 bits per heavy atom. The van der Waals surface area contributed by atoms with Crippen molar-refractivity contribution in [1.82, 2.24) is 4.98 Å². The zero-order valence-electron chi connectivity index (χ0n) is 32.6. The molecular formula is C35H56N2O25. The van der Waals surface area contributed by atoms with E-state index in [4.69, 9.17) is 42.6 Å². The van der Waals surface area contributed by atoms with E-state index in [0.29, 0.717) is 0 Å². The van der Waals surface area contributed by atoms with Gasteiger partial charge in [0.2, 0.25) is 0 Å². The van der Waals surface area contributed by atoms with Gasteiger partial charge < -0.3 is 130 Å². The number of aromatic nitrogens is 1. The first kappa shape index (κ1) is 49.4. The molecule has 5 aliphatic rings. The summed E-state index contributed by atoms with van der Waals surface area (Å²) in [4.78, 5) is 4.06. The highest BCUT2D eigenvalue weighted by atomic mass is 16.8. The van der Waals surface area contributed by atoms with Gasteiger partial charge in [0.15, 0.2) is 31.5 Å². The fourth-order valence-corrected chi connectivity index (χ4v) is 7.82. The van der Waals surface area contributed by atoms with Gasteiger partial charge in [0.05, 0.1) is 33.0 Å². The molecule has 0 radical (unpaired) electrons.